The quantitative estimate of drug-likeness (QED) is 0.800. The molecular weight excluding hydrogens is 346 g/mol. The van der Waals surface area contributed by atoms with E-state index in [0.717, 1.165) is 43.9 Å². The molecular formula is C19H27N5O3. The summed E-state index contributed by atoms with van der Waals surface area (Å²) in [6.45, 7) is 5.65. The van der Waals surface area contributed by atoms with Crippen LogP contribution in [0.4, 0.5) is 5.69 Å². The van der Waals surface area contributed by atoms with Crippen LogP contribution in [0.15, 0.2) is 29.3 Å². The number of anilines is 1. The smallest absolute Gasteiger partial charge is 0.307 e. The number of amidine groups is 1. The van der Waals surface area contributed by atoms with Crippen LogP contribution in [0, 0.1) is 0 Å². The van der Waals surface area contributed by atoms with Crippen molar-refractivity contribution in [2.75, 3.05) is 44.7 Å². The van der Waals surface area contributed by atoms with Crippen molar-refractivity contribution in [2.45, 2.75) is 25.4 Å². The lowest BCUT2D eigenvalue weighted by Crippen LogP contribution is -2.56. The normalized spacial score (nSPS) is 23.7. The molecule has 0 aliphatic carbocycles. The minimum Gasteiger partial charge on any atom is -0.481 e. The van der Waals surface area contributed by atoms with Gasteiger partial charge >= 0.3 is 5.97 Å². The summed E-state index contributed by atoms with van der Waals surface area (Å²) < 4.78 is 0. The highest BCUT2D eigenvalue weighted by atomic mass is 16.4. The van der Waals surface area contributed by atoms with Gasteiger partial charge in [0.15, 0.2) is 0 Å². The molecule has 3 rings (SSSR count). The number of benzodiazepines with no additional fused rings is 1. The number of carboxylic acid groups (broad SMARTS) is 1. The van der Waals surface area contributed by atoms with Gasteiger partial charge in [0.2, 0.25) is 5.66 Å². The molecule has 0 saturated carbocycles. The second-order valence-electron chi connectivity index (χ2n) is 7.19. The van der Waals surface area contributed by atoms with E-state index >= 15 is 0 Å². The van der Waals surface area contributed by atoms with Crippen molar-refractivity contribution in [2.24, 2.45) is 10.7 Å². The van der Waals surface area contributed by atoms with Crippen molar-refractivity contribution in [3.8, 4) is 0 Å². The van der Waals surface area contributed by atoms with Crippen LogP contribution in [0.5, 0.6) is 0 Å². The van der Waals surface area contributed by atoms with Gasteiger partial charge in [0.1, 0.15) is 5.84 Å². The van der Waals surface area contributed by atoms with Gasteiger partial charge in [-0.1, -0.05) is 19.1 Å². The van der Waals surface area contributed by atoms with Crippen LogP contribution in [0.3, 0.4) is 0 Å². The summed E-state index contributed by atoms with van der Waals surface area (Å²) in [7, 11) is 2.06. The Bertz CT molecular complexity index is 757. The molecule has 1 aromatic rings. The first-order valence-electron chi connectivity index (χ1n) is 9.31. The second kappa shape index (κ2) is 7.66. The van der Waals surface area contributed by atoms with E-state index in [4.69, 9.17) is 5.73 Å². The van der Waals surface area contributed by atoms with Crippen molar-refractivity contribution in [1.29, 1.82) is 0 Å². The fraction of sp³-hybridized carbons (Fsp3) is 0.526. The zero-order valence-electron chi connectivity index (χ0n) is 15.9. The maximum atomic E-state index is 13.2. The van der Waals surface area contributed by atoms with Gasteiger partial charge in [-0.25, -0.2) is 4.99 Å². The van der Waals surface area contributed by atoms with Crippen LogP contribution in [-0.4, -0.2) is 78.1 Å². The highest BCUT2D eigenvalue weighted by Crippen LogP contribution is 2.31. The molecule has 0 aromatic heterocycles. The summed E-state index contributed by atoms with van der Waals surface area (Å²) in [6, 6.07) is 7.58. The number of amides is 1. The van der Waals surface area contributed by atoms with Gasteiger partial charge in [0.05, 0.1) is 12.1 Å². The van der Waals surface area contributed by atoms with E-state index < -0.39 is 24.0 Å². The lowest BCUT2D eigenvalue weighted by Gasteiger charge is -2.35. The minimum absolute atomic E-state index is 0.458. The number of piperazine rings is 1. The number of para-hydroxylation sites is 1. The van der Waals surface area contributed by atoms with E-state index in [2.05, 4.69) is 21.8 Å². The molecule has 8 heteroatoms. The third-order valence-corrected chi connectivity index (χ3v) is 5.03. The predicted molar refractivity (Wildman–Crippen MR) is 104 cm³/mol. The van der Waals surface area contributed by atoms with Crippen molar-refractivity contribution in [3.63, 3.8) is 0 Å². The largest absolute Gasteiger partial charge is 0.481 e. The predicted octanol–water partition coefficient (Wildman–Crippen LogP) is 0.567. The summed E-state index contributed by atoms with van der Waals surface area (Å²) in [5.41, 5.74) is 6.07. The number of fused-ring (bicyclic) bond motifs is 1. The number of carbonyl (C=O) groups excluding carboxylic acids is 1. The highest BCUT2D eigenvalue weighted by molar-refractivity contribution is 6.13. The van der Waals surface area contributed by atoms with Crippen LogP contribution in [-0.2, 0) is 9.59 Å². The molecule has 146 valence electrons. The molecule has 1 amide bonds. The average Bonchev–Trinajstić information content (AvgIpc) is 2.72. The number of carboxylic acids is 1. The first kappa shape index (κ1) is 19.3. The number of nitrogens with zero attached hydrogens (tertiary/aromatic N) is 4. The van der Waals surface area contributed by atoms with Gasteiger partial charge in [-0.3, -0.25) is 15.3 Å². The van der Waals surface area contributed by atoms with Gasteiger partial charge in [-0.15, -0.1) is 0 Å². The number of hydrogen-bond donors (Lipinski definition) is 2. The molecule has 2 heterocycles. The lowest BCUT2D eigenvalue weighted by molar-refractivity contribution is -0.141. The molecule has 1 unspecified atom stereocenters. The summed E-state index contributed by atoms with van der Waals surface area (Å²) in [5.74, 6) is -1.01. The number of aliphatic carboxylic acids is 1. The molecule has 0 spiro atoms. The number of carbonyl (C=O) groups is 2. The van der Waals surface area contributed by atoms with Gasteiger partial charge in [0, 0.05) is 38.3 Å². The van der Waals surface area contributed by atoms with Gasteiger partial charge < -0.3 is 19.8 Å². The standard InChI is InChI=1S/C19H27N5O3/c1-3-8-24-15-7-5-4-6-14(15)17(23-11-9-22(2)10-12-23)21-19(20,18(24)27)13-16(25)26/h4-7H,3,8-13,20H2,1-2H3,(H,25,26). The van der Waals surface area contributed by atoms with Crippen molar-refractivity contribution in [3.05, 3.63) is 29.8 Å². The molecule has 27 heavy (non-hydrogen) atoms. The maximum Gasteiger partial charge on any atom is 0.307 e. The van der Waals surface area contributed by atoms with Crippen LogP contribution in [0.2, 0.25) is 0 Å². The monoisotopic (exact) mass is 373 g/mol. The van der Waals surface area contributed by atoms with Crippen molar-refractivity contribution in [1.82, 2.24) is 9.80 Å². The van der Waals surface area contributed by atoms with Crippen LogP contribution < -0.4 is 10.6 Å². The van der Waals surface area contributed by atoms with E-state index in [1.165, 1.54) is 0 Å². The van der Waals surface area contributed by atoms with Gasteiger partial charge in [-0.2, -0.15) is 0 Å². The van der Waals surface area contributed by atoms with E-state index in [1.54, 1.807) is 4.90 Å². The first-order chi connectivity index (χ1) is 12.9. The van der Waals surface area contributed by atoms with E-state index in [-0.39, 0.29) is 0 Å². The maximum absolute atomic E-state index is 13.2. The highest BCUT2D eigenvalue weighted by Gasteiger charge is 2.44. The fourth-order valence-electron chi connectivity index (χ4n) is 3.59. The summed E-state index contributed by atoms with van der Waals surface area (Å²) in [5, 5.41) is 9.36. The molecule has 0 radical (unpaired) electrons. The Morgan fingerprint density at radius 3 is 2.56 bits per heavy atom. The SMILES string of the molecule is CCCN1C(=O)C(N)(CC(=O)O)N=C(N2CCN(C)CC2)c2ccccc21. The third-order valence-electron chi connectivity index (χ3n) is 5.03. The molecule has 1 atom stereocenters. The van der Waals surface area contributed by atoms with Crippen LogP contribution in [0.25, 0.3) is 0 Å². The third kappa shape index (κ3) is 3.81. The molecule has 3 N–H and O–H groups in total. The molecule has 8 nitrogen and oxygen atoms in total. The number of rotatable bonds is 4. The Balaban J connectivity index is 2.14. The molecule has 1 aromatic carbocycles. The van der Waals surface area contributed by atoms with E-state index in [0.29, 0.717) is 12.4 Å². The molecule has 0 bridgehead atoms. The summed E-state index contributed by atoms with van der Waals surface area (Å²) >= 11 is 0. The zero-order valence-corrected chi connectivity index (χ0v) is 15.9. The number of aliphatic imine (C=N–C) groups is 1. The number of likely N-dealkylation sites (N-methyl/N-ethyl adjacent to an activating group) is 1. The van der Waals surface area contributed by atoms with Crippen molar-refractivity contribution >= 4 is 23.4 Å². The number of nitrogens with two attached hydrogens (primary N) is 1. The Morgan fingerprint density at radius 2 is 1.93 bits per heavy atom. The Morgan fingerprint density at radius 1 is 1.26 bits per heavy atom. The topological polar surface area (TPSA) is 102 Å². The molecule has 1 fully saturated rings. The van der Waals surface area contributed by atoms with E-state index in [9.17, 15) is 14.7 Å². The molecule has 1 saturated heterocycles. The number of hydrogen-bond acceptors (Lipinski definition) is 6. The van der Waals surface area contributed by atoms with E-state index in [1.807, 2.05) is 31.2 Å². The Kier molecular flexibility index (Phi) is 5.48. The Hall–Kier alpha value is -2.45. The first-order valence-corrected chi connectivity index (χ1v) is 9.31. The zero-order chi connectivity index (χ0) is 19.6. The average molecular weight is 373 g/mol. The summed E-state index contributed by atoms with van der Waals surface area (Å²) in [6.07, 6.45) is 0.185. The molecule has 2 aliphatic heterocycles. The van der Waals surface area contributed by atoms with Gasteiger partial charge in [-0.05, 0) is 25.6 Å². The fourth-order valence-corrected chi connectivity index (χ4v) is 3.59. The lowest BCUT2D eigenvalue weighted by atomic mass is 10.1. The second-order valence-corrected chi connectivity index (χ2v) is 7.19. The Labute approximate surface area is 159 Å². The van der Waals surface area contributed by atoms with Crippen LogP contribution in [0.1, 0.15) is 25.3 Å². The van der Waals surface area contributed by atoms with Crippen molar-refractivity contribution < 1.29 is 14.7 Å². The summed E-state index contributed by atoms with van der Waals surface area (Å²) in [4.78, 5) is 35.2. The number of benzene rings is 1. The van der Waals surface area contributed by atoms with Gasteiger partial charge in [0.25, 0.3) is 5.91 Å². The van der Waals surface area contributed by atoms with Crippen LogP contribution >= 0.6 is 0 Å². The minimum atomic E-state index is -1.82. The molecule has 2 aliphatic rings.